The number of aliphatic carboxylic acids is 1. The molecule has 0 aliphatic rings. The van der Waals surface area contributed by atoms with E-state index in [-0.39, 0.29) is 6.42 Å². The third-order valence-electron chi connectivity index (χ3n) is 2.77. The molecule has 0 aromatic heterocycles. The summed E-state index contributed by atoms with van der Waals surface area (Å²) < 4.78 is 0. The summed E-state index contributed by atoms with van der Waals surface area (Å²) in [5.74, 6) is -0.856. The Balaban J connectivity index is 2.49. The fraction of sp³-hybridized carbons (Fsp3) is 0.133. The number of hydrogen-bond donors (Lipinski definition) is 1. The highest BCUT2D eigenvalue weighted by Gasteiger charge is 2.09. The minimum atomic E-state index is -0.856. The van der Waals surface area contributed by atoms with Gasteiger partial charge in [0.15, 0.2) is 0 Å². The van der Waals surface area contributed by atoms with Crippen LogP contribution in [0.2, 0.25) is 5.02 Å². The maximum Gasteiger partial charge on any atom is 0.307 e. The first-order chi connectivity index (χ1) is 8.56. The van der Waals surface area contributed by atoms with Gasteiger partial charge in [-0.05, 0) is 35.7 Å². The van der Waals surface area contributed by atoms with Crippen molar-refractivity contribution in [1.82, 2.24) is 0 Å². The van der Waals surface area contributed by atoms with Crippen LogP contribution in [-0.4, -0.2) is 11.1 Å². The van der Waals surface area contributed by atoms with Crippen molar-refractivity contribution in [3.63, 3.8) is 0 Å². The van der Waals surface area contributed by atoms with Gasteiger partial charge in [-0.25, -0.2) is 0 Å². The second-order valence-corrected chi connectivity index (χ2v) is 4.67. The molecule has 2 aromatic carbocycles. The maximum atomic E-state index is 10.9. The van der Waals surface area contributed by atoms with Crippen LogP contribution >= 0.6 is 11.6 Å². The van der Waals surface area contributed by atoms with E-state index in [0.717, 1.165) is 16.7 Å². The lowest BCUT2D eigenvalue weighted by Crippen LogP contribution is -2.01. The lowest BCUT2D eigenvalue weighted by molar-refractivity contribution is -0.136. The van der Waals surface area contributed by atoms with Gasteiger partial charge in [0.1, 0.15) is 0 Å². The summed E-state index contributed by atoms with van der Waals surface area (Å²) in [4.78, 5) is 10.9. The minimum absolute atomic E-state index is 0.0240. The lowest BCUT2D eigenvalue weighted by Gasteiger charge is -2.09. The molecule has 0 bridgehead atoms. The van der Waals surface area contributed by atoms with E-state index in [4.69, 9.17) is 16.7 Å². The molecular formula is C15H13ClO2. The summed E-state index contributed by atoms with van der Waals surface area (Å²) in [6.45, 7) is 2.02. The zero-order valence-corrected chi connectivity index (χ0v) is 10.7. The molecule has 0 unspecified atom stereocenters. The van der Waals surface area contributed by atoms with Gasteiger partial charge in [-0.15, -0.1) is 0 Å². The van der Waals surface area contributed by atoms with E-state index in [0.29, 0.717) is 5.02 Å². The zero-order valence-electron chi connectivity index (χ0n) is 9.98. The predicted octanol–water partition coefficient (Wildman–Crippen LogP) is 3.94. The second-order valence-electron chi connectivity index (χ2n) is 4.24. The molecule has 0 fully saturated rings. The summed E-state index contributed by atoms with van der Waals surface area (Å²) in [5, 5.41) is 9.49. The molecule has 0 amide bonds. The summed E-state index contributed by atoms with van der Waals surface area (Å²) in [5.41, 5.74) is 3.83. The molecular weight excluding hydrogens is 248 g/mol. The number of rotatable bonds is 3. The highest BCUT2D eigenvalue weighted by molar-refractivity contribution is 6.30. The smallest absolute Gasteiger partial charge is 0.307 e. The Hall–Kier alpha value is -1.80. The van der Waals surface area contributed by atoms with Crippen molar-refractivity contribution in [2.75, 3.05) is 0 Å². The second kappa shape index (κ2) is 5.23. The van der Waals surface area contributed by atoms with Gasteiger partial charge in [-0.1, -0.05) is 47.5 Å². The van der Waals surface area contributed by atoms with E-state index in [9.17, 15) is 4.79 Å². The molecule has 3 heteroatoms. The van der Waals surface area contributed by atoms with Gasteiger partial charge in [0.05, 0.1) is 6.42 Å². The zero-order chi connectivity index (χ0) is 13.1. The van der Waals surface area contributed by atoms with Gasteiger partial charge in [0.25, 0.3) is 0 Å². The Morgan fingerprint density at radius 2 is 1.83 bits per heavy atom. The molecule has 0 atom stereocenters. The van der Waals surface area contributed by atoms with Crippen molar-refractivity contribution in [3.8, 4) is 11.1 Å². The fourth-order valence-electron chi connectivity index (χ4n) is 1.89. The van der Waals surface area contributed by atoms with Crippen molar-refractivity contribution in [3.05, 3.63) is 58.6 Å². The number of hydrogen-bond acceptors (Lipinski definition) is 1. The van der Waals surface area contributed by atoms with Crippen LogP contribution in [0, 0.1) is 6.92 Å². The first-order valence-corrected chi connectivity index (χ1v) is 6.01. The van der Waals surface area contributed by atoms with E-state index in [2.05, 4.69) is 0 Å². The minimum Gasteiger partial charge on any atom is -0.481 e. The average molecular weight is 261 g/mol. The van der Waals surface area contributed by atoms with Crippen molar-refractivity contribution in [2.24, 2.45) is 0 Å². The van der Waals surface area contributed by atoms with Gasteiger partial charge in [-0.2, -0.15) is 0 Å². The van der Waals surface area contributed by atoms with Gasteiger partial charge in [0, 0.05) is 5.02 Å². The van der Waals surface area contributed by atoms with Crippen molar-refractivity contribution < 1.29 is 9.90 Å². The molecule has 0 aliphatic heterocycles. The normalized spacial score (nSPS) is 10.3. The van der Waals surface area contributed by atoms with Crippen LogP contribution in [0.4, 0.5) is 0 Å². The van der Waals surface area contributed by atoms with Gasteiger partial charge in [0.2, 0.25) is 0 Å². The number of halogens is 1. The van der Waals surface area contributed by atoms with Crippen LogP contribution in [0.5, 0.6) is 0 Å². The number of carboxylic acid groups (broad SMARTS) is 1. The Morgan fingerprint density at radius 1 is 1.17 bits per heavy atom. The number of carboxylic acids is 1. The van der Waals surface area contributed by atoms with E-state index in [1.54, 1.807) is 12.1 Å². The summed E-state index contributed by atoms with van der Waals surface area (Å²) in [7, 11) is 0. The molecule has 18 heavy (non-hydrogen) atoms. The monoisotopic (exact) mass is 260 g/mol. The summed E-state index contributed by atoms with van der Waals surface area (Å²) >= 11 is 5.92. The first-order valence-electron chi connectivity index (χ1n) is 5.63. The van der Waals surface area contributed by atoms with E-state index in [1.165, 1.54) is 5.56 Å². The first kappa shape index (κ1) is 12.7. The number of benzene rings is 2. The molecule has 0 spiro atoms. The van der Waals surface area contributed by atoms with Crippen LogP contribution in [0.3, 0.4) is 0 Å². The molecule has 0 saturated carbocycles. The fourth-order valence-corrected chi connectivity index (χ4v) is 2.08. The van der Waals surface area contributed by atoms with E-state index >= 15 is 0 Å². The van der Waals surface area contributed by atoms with Gasteiger partial charge >= 0.3 is 5.97 Å². The molecule has 0 heterocycles. The van der Waals surface area contributed by atoms with Crippen molar-refractivity contribution in [1.29, 1.82) is 0 Å². The number of aryl methyl sites for hydroxylation is 1. The van der Waals surface area contributed by atoms with Gasteiger partial charge < -0.3 is 5.11 Å². The largest absolute Gasteiger partial charge is 0.481 e. The number of carbonyl (C=O) groups is 1. The van der Waals surface area contributed by atoms with Crippen molar-refractivity contribution in [2.45, 2.75) is 13.3 Å². The van der Waals surface area contributed by atoms with E-state index < -0.39 is 5.97 Å². The van der Waals surface area contributed by atoms with Crippen molar-refractivity contribution >= 4 is 17.6 Å². The summed E-state index contributed by atoms with van der Waals surface area (Å²) in [6.07, 6.45) is -0.0240. The third-order valence-corrected chi connectivity index (χ3v) is 3.01. The Morgan fingerprint density at radius 3 is 2.44 bits per heavy atom. The Labute approximate surface area is 111 Å². The van der Waals surface area contributed by atoms with Crippen LogP contribution in [0.1, 0.15) is 11.1 Å². The van der Waals surface area contributed by atoms with Gasteiger partial charge in [-0.3, -0.25) is 4.79 Å². The Kier molecular flexibility index (Phi) is 3.68. The topological polar surface area (TPSA) is 37.3 Å². The molecule has 2 nitrogen and oxygen atoms in total. The molecule has 2 aromatic rings. The summed E-state index contributed by atoms with van der Waals surface area (Å²) in [6, 6.07) is 13.4. The lowest BCUT2D eigenvalue weighted by atomic mass is 9.97. The molecule has 0 radical (unpaired) electrons. The predicted molar refractivity (Wildman–Crippen MR) is 73.0 cm³/mol. The van der Waals surface area contributed by atoms with Crippen LogP contribution in [0.25, 0.3) is 11.1 Å². The molecule has 0 saturated heterocycles. The van der Waals surface area contributed by atoms with Crippen LogP contribution in [-0.2, 0) is 11.2 Å². The molecule has 92 valence electrons. The maximum absolute atomic E-state index is 10.9. The average Bonchev–Trinajstić information content (AvgIpc) is 2.30. The highest BCUT2D eigenvalue weighted by atomic mass is 35.5. The van der Waals surface area contributed by atoms with E-state index in [1.807, 2.05) is 37.3 Å². The molecule has 1 N–H and O–H groups in total. The Bertz CT molecular complexity index is 574. The third kappa shape index (κ3) is 2.90. The van der Waals surface area contributed by atoms with Crippen LogP contribution in [0.15, 0.2) is 42.5 Å². The molecule has 2 rings (SSSR count). The quantitative estimate of drug-likeness (QED) is 0.908. The SMILES string of the molecule is Cc1ccc(-c2ccc(Cl)cc2CC(=O)O)cc1. The standard InChI is InChI=1S/C15H13ClO2/c1-10-2-4-11(5-3-10)14-7-6-13(16)8-12(14)9-15(17)18/h2-8H,9H2,1H3,(H,17,18). The highest BCUT2D eigenvalue weighted by Crippen LogP contribution is 2.27. The van der Waals surface area contributed by atoms with Crippen LogP contribution < -0.4 is 0 Å². The molecule has 0 aliphatic carbocycles.